The number of carbonyl (C=O) groups excluding carboxylic acids is 1. The van der Waals surface area contributed by atoms with E-state index in [2.05, 4.69) is 11.9 Å². The van der Waals surface area contributed by atoms with E-state index in [0.29, 0.717) is 6.54 Å². The molecule has 13 heavy (non-hydrogen) atoms. The summed E-state index contributed by atoms with van der Waals surface area (Å²) < 4.78 is 0. The molecule has 1 heterocycles. The molecule has 3 N–H and O–H groups in total. The molecule has 5 heteroatoms. The average Bonchev–Trinajstić information content (AvgIpc) is 2.49. The highest BCUT2D eigenvalue weighted by molar-refractivity contribution is 6.18. The molecular formula is C8H11NO4. The maximum atomic E-state index is 11.3. The fourth-order valence-electron chi connectivity index (χ4n) is 1.23. The molecule has 0 amide bonds. The minimum atomic E-state index is -1.31. The van der Waals surface area contributed by atoms with Crippen LogP contribution in [-0.2, 0) is 9.59 Å². The fourth-order valence-corrected chi connectivity index (χ4v) is 1.23. The summed E-state index contributed by atoms with van der Waals surface area (Å²) in [7, 11) is 0. The summed E-state index contributed by atoms with van der Waals surface area (Å²) in [5.74, 6) is -1.86. The molecule has 0 radical (unpaired) electrons. The molecule has 72 valence electrons. The molecule has 1 saturated heterocycles. The molecule has 1 fully saturated rings. The van der Waals surface area contributed by atoms with Crippen LogP contribution in [0.3, 0.4) is 0 Å². The van der Waals surface area contributed by atoms with Crippen molar-refractivity contribution < 1.29 is 19.8 Å². The van der Waals surface area contributed by atoms with Crippen molar-refractivity contribution in [1.82, 2.24) is 5.32 Å². The van der Waals surface area contributed by atoms with E-state index >= 15 is 0 Å². The van der Waals surface area contributed by atoms with E-state index in [0.717, 1.165) is 0 Å². The molecule has 1 aliphatic heterocycles. The molecule has 0 spiro atoms. The zero-order valence-electron chi connectivity index (χ0n) is 6.99. The lowest BCUT2D eigenvalue weighted by Gasteiger charge is -2.07. The summed E-state index contributed by atoms with van der Waals surface area (Å²) >= 11 is 0. The SMILES string of the molecule is C=C(C(=O)O)C(=O)[C@@H]1C[C@@H](O)CN1. The third kappa shape index (κ3) is 2.13. The minimum Gasteiger partial charge on any atom is -0.478 e. The standard InChI is InChI=1S/C8H11NO4/c1-4(8(12)13)7(11)6-2-5(10)3-9-6/h5-6,9-10H,1-3H2,(H,12,13)/t5-,6+/m1/s1. The highest BCUT2D eigenvalue weighted by Gasteiger charge is 2.31. The van der Waals surface area contributed by atoms with Crippen LogP contribution in [0.2, 0.25) is 0 Å². The molecule has 0 aromatic rings. The van der Waals surface area contributed by atoms with Crippen LogP contribution in [-0.4, -0.2) is 40.7 Å². The number of carboxylic acid groups (broad SMARTS) is 1. The summed E-state index contributed by atoms with van der Waals surface area (Å²) in [6.07, 6.45) is -0.318. The molecule has 5 nitrogen and oxygen atoms in total. The first-order valence-electron chi connectivity index (χ1n) is 3.90. The first kappa shape index (κ1) is 9.88. The van der Waals surface area contributed by atoms with Gasteiger partial charge in [-0.15, -0.1) is 0 Å². The normalized spacial score (nSPS) is 27.2. The minimum absolute atomic E-state index is 0.255. The molecular weight excluding hydrogens is 174 g/mol. The summed E-state index contributed by atoms with van der Waals surface area (Å²) in [4.78, 5) is 21.6. The van der Waals surface area contributed by atoms with Crippen molar-refractivity contribution in [3.63, 3.8) is 0 Å². The van der Waals surface area contributed by atoms with Crippen molar-refractivity contribution >= 4 is 11.8 Å². The quantitative estimate of drug-likeness (QED) is 0.296. The van der Waals surface area contributed by atoms with Crippen LogP contribution in [0, 0.1) is 0 Å². The third-order valence-electron chi connectivity index (χ3n) is 1.98. The number of aliphatic hydroxyl groups is 1. The lowest BCUT2D eigenvalue weighted by atomic mass is 10.0. The van der Waals surface area contributed by atoms with Crippen LogP contribution >= 0.6 is 0 Å². The summed E-state index contributed by atoms with van der Waals surface area (Å²) in [6.45, 7) is 3.48. The van der Waals surface area contributed by atoms with Gasteiger partial charge in [-0.25, -0.2) is 4.79 Å². The van der Waals surface area contributed by atoms with Gasteiger partial charge in [-0.1, -0.05) is 6.58 Å². The van der Waals surface area contributed by atoms with Gasteiger partial charge in [-0.05, 0) is 6.42 Å². The Kier molecular flexibility index (Phi) is 2.79. The van der Waals surface area contributed by atoms with Crippen molar-refractivity contribution in [2.45, 2.75) is 18.6 Å². The van der Waals surface area contributed by atoms with Crippen molar-refractivity contribution in [3.05, 3.63) is 12.2 Å². The number of Topliss-reactive ketones (excluding diaryl/α,β-unsaturated/α-hetero) is 1. The van der Waals surface area contributed by atoms with Gasteiger partial charge >= 0.3 is 5.97 Å². The molecule has 0 aromatic carbocycles. The molecule has 1 aliphatic rings. The number of carbonyl (C=O) groups is 2. The van der Waals surface area contributed by atoms with E-state index in [4.69, 9.17) is 10.2 Å². The van der Waals surface area contributed by atoms with Gasteiger partial charge in [0.15, 0.2) is 5.78 Å². The highest BCUT2D eigenvalue weighted by atomic mass is 16.4. The number of ketones is 1. The van der Waals surface area contributed by atoms with E-state index in [9.17, 15) is 9.59 Å². The molecule has 0 unspecified atom stereocenters. The third-order valence-corrected chi connectivity index (χ3v) is 1.98. The van der Waals surface area contributed by atoms with E-state index in [-0.39, 0.29) is 6.42 Å². The number of aliphatic hydroxyl groups excluding tert-OH is 1. The van der Waals surface area contributed by atoms with Crippen LogP contribution < -0.4 is 5.32 Å². The van der Waals surface area contributed by atoms with Crippen LogP contribution in [0.25, 0.3) is 0 Å². The molecule has 0 aromatic heterocycles. The largest absolute Gasteiger partial charge is 0.478 e. The van der Waals surface area contributed by atoms with E-state index in [1.54, 1.807) is 0 Å². The van der Waals surface area contributed by atoms with Crippen molar-refractivity contribution in [1.29, 1.82) is 0 Å². The number of hydrogen-bond donors (Lipinski definition) is 3. The predicted molar refractivity (Wildman–Crippen MR) is 44.2 cm³/mol. The highest BCUT2D eigenvalue weighted by Crippen LogP contribution is 2.10. The average molecular weight is 185 g/mol. The Morgan fingerprint density at radius 2 is 2.08 bits per heavy atom. The van der Waals surface area contributed by atoms with E-state index in [1.807, 2.05) is 0 Å². The Balaban J connectivity index is 2.58. The molecule has 0 aliphatic carbocycles. The first-order chi connectivity index (χ1) is 6.02. The number of nitrogens with one attached hydrogen (secondary N) is 1. The lowest BCUT2D eigenvalue weighted by Crippen LogP contribution is -2.33. The molecule has 0 bridgehead atoms. The number of aliphatic carboxylic acids is 1. The topological polar surface area (TPSA) is 86.6 Å². The van der Waals surface area contributed by atoms with Gasteiger partial charge in [0.25, 0.3) is 0 Å². The zero-order chi connectivity index (χ0) is 10.0. The van der Waals surface area contributed by atoms with E-state index < -0.39 is 29.5 Å². The first-order valence-corrected chi connectivity index (χ1v) is 3.90. The monoisotopic (exact) mass is 185 g/mol. The fraction of sp³-hybridized carbons (Fsp3) is 0.500. The summed E-state index contributed by atoms with van der Waals surface area (Å²) in [5, 5.41) is 20.3. The Hall–Kier alpha value is -1.20. The molecule has 1 rings (SSSR count). The smallest absolute Gasteiger partial charge is 0.338 e. The second-order valence-electron chi connectivity index (χ2n) is 3.00. The Morgan fingerprint density at radius 1 is 1.46 bits per heavy atom. The van der Waals surface area contributed by atoms with Gasteiger partial charge < -0.3 is 15.5 Å². The molecule has 2 atom stereocenters. The zero-order valence-corrected chi connectivity index (χ0v) is 6.99. The van der Waals surface area contributed by atoms with Gasteiger partial charge in [0.1, 0.15) is 0 Å². The number of rotatable bonds is 3. The van der Waals surface area contributed by atoms with Gasteiger partial charge in [-0.2, -0.15) is 0 Å². The Morgan fingerprint density at radius 3 is 2.46 bits per heavy atom. The van der Waals surface area contributed by atoms with Gasteiger partial charge in [0.05, 0.1) is 17.7 Å². The number of carboxylic acids is 1. The van der Waals surface area contributed by atoms with Crippen molar-refractivity contribution in [2.75, 3.05) is 6.54 Å². The van der Waals surface area contributed by atoms with Gasteiger partial charge in [0.2, 0.25) is 0 Å². The van der Waals surface area contributed by atoms with Crippen LogP contribution in [0.4, 0.5) is 0 Å². The number of hydrogen-bond acceptors (Lipinski definition) is 4. The van der Waals surface area contributed by atoms with Crippen LogP contribution in [0.15, 0.2) is 12.2 Å². The summed E-state index contributed by atoms with van der Waals surface area (Å²) in [5.41, 5.74) is -0.438. The lowest BCUT2D eigenvalue weighted by molar-refractivity contribution is -0.134. The predicted octanol–water partition coefficient (Wildman–Crippen LogP) is -1.08. The van der Waals surface area contributed by atoms with Crippen molar-refractivity contribution in [2.24, 2.45) is 0 Å². The van der Waals surface area contributed by atoms with Gasteiger partial charge in [-0.3, -0.25) is 4.79 Å². The van der Waals surface area contributed by atoms with Crippen molar-refractivity contribution in [3.8, 4) is 0 Å². The summed E-state index contributed by atoms with van der Waals surface area (Å²) in [6, 6.07) is -0.599. The van der Waals surface area contributed by atoms with Crippen LogP contribution in [0.1, 0.15) is 6.42 Å². The number of β-amino-alcohol motifs (C(OH)–C–C–N with tert-alkyl or cyclic N) is 1. The Labute approximate surface area is 75.1 Å². The second kappa shape index (κ2) is 3.68. The molecule has 0 saturated carbocycles. The maximum Gasteiger partial charge on any atom is 0.338 e. The van der Waals surface area contributed by atoms with Gasteiger partial charge in [0, 0.05) is 6.54 Å². The Bertz CT molecular complexity index is 261. The van der Waals surface area contributed by atoms with E-state index in [1.165, 1.54) is 0 Å². The second-order valence-corrected chi connectivity index (χ2v) is 3.00. The maximum absolute atomic E-state index is 11.3. The van der Waals surface area contributed by atoms with Crippen LogP contribution in [0.5, 0.6) is 0 Å².